The molecule has 0 aromatic heterocycles. The fourth-order valence-corrected chi connectivity index (χ4v) is 2.28. The number of hydrogen-bond acceptors (Lipinski definition) is 4. The molecule has 0 saturated carbocycles. The van der Waals surface area contributed by atoms with E-state index >= 15 is 0 Å². The first-order valence-electron chi connectivity index (χ1n) is 7.87. The van der Waals surface area contributed by atoms with Gasteiger partial charge in [-0.15, -0.1) is 0 Å². The Morgan fingerprint density at radius 1 is 1.17 bits per heavy atom. The molecular formula is C18H25NO5. The highest BCUT2D eigenvalue weighted by Crippen LogP contribution is 2.14. The van der Waals surface area contributed by atoms with Crippen molar-refractivity contribution in [2.24, 2.45) is 5.92 Å². The van der Waals surface area contributed by atoms with Crippen LogP contribution < -0.4 is 10.1 Å². The largest absolute Gasteiger partial charge is 0.490 e. The van der Waals surface area contributed by atoms with Gasteiger partial charge in [0.2, 0.25) is 0 Å². The molecule has 24 heavy (non-hydrogen) atoms. The standard InChI is InChI=1S/C18H25NO5/c1-4-9-24-14-7-5-13(6-8-14)11-16(18(22)23)19-15(17(20)21)10-12(2)3/h4-8,12,15-16,19H,1,9-11H2,2-3H3,(H,20,21)(H,22,23)/t15-,16-/m0/s1. The molecule has 0 aliphatic heterocycles. The zero-order valence-corrected chi connectivity index (χ0v) is 14.1. The van der Waals surface area contributed by atoms with Crippen LogP contribution in [0, 0.1) is 5.92 Å². The predicted octanol–water partition coefficient (Wildman–Crippen LogP) is 2.34. The number of rotatable bonds is 11. The van der Waals surface area contributed by atoms with Crippen molar-refractivity contribution in [1.82, 2.24) is 5.32 Å². The molecule has 1 aromatic rings. The maximum absolute atomic E-state index is 11.5. The van der Waals surface area contributed by atoms with Gasteiger partial charge in [-0.05, 0) is 36.5 Å². The monoisotopic (exact) mass is 335 g/mol. The summed E-state index contributed by atoms with van der Waals surface area (Å²) in [5.74, 6) is -1.30. The second-order valence-corrected chi connectivity index (χ2v) is 6.03. The highest BCUT2D eigenvalue weighted by atomic mass is 16.5. The number of benzene rings is 1. The molecule has 132 valence electrons. The van der Waals surface area contributed by atoms with Crippen molar-refractivity contribution < 1.29 is 24.5 Å². The Bertz CT molecular complexity index is 553. The predicted molar refractivity (Wildman–Crippen MR) is 91.3 cm³/mol. The van der Waals surface area contributed by atoms with E-state index in [9.17, 15) is 19.8 Å². The lowest BCUT2D eigenvalue weighted by atomic mass is 10.0. The van der Waals surface area contributed by atoms with Crippen LogP contribution in [0.15, 0.2) is 36.9 Å². The van der Waals surface area contributed by atoms with Crippen LogP contribution in [0.4, 0.5) is 0 Å². The van der Waals surface area contributed by atoms with Gasteiger partial charge in [0.25, 0.3) is 0 Å². The van der Waals surface area contributed by atoms with E-state index in [0.717, 1.165) is 5.56 Å². The summed E-state index contributed by atoms with van der Waals surface area (Å²) < 4.78 is 5.37. The van der Waals surface area contributed by atoms with Crippen LogP contribution in [0.2, 0.25) is 0 Å². The molecule has 2 atom stereocenters. The Morgan fingerprint density at radius 3 is 2.21 bits per heavy atom. The van der Waals surface area contributed by atoms with Crippen LogP contribution in [0.3, 0.4) is 0 Å². The van der Waals surface area contributed by atoms with E-state index in [2.05, 4.69) is 11.9 Å². The number of aliphatic carboxylic acids is 2. The Morgan fingerprint density at radius 2 is 1.75 bits per heavy atom. The first kappa shape index (κ1) is 19.7. The van der Waals surface area contributed by atoms with Gasteiger partial charge < -0.3 is 14.9 Å². The highest BCUT2D eigenvalue weighted by Gasteiger charge is 2.26. The molecule has 0 saturated heterocycles. The van der Waals surface area contributed by atoms with Gasteiger partial charge >= 0.3 is 11.9 Å². The number of carbonyl (C=O) groups is 2. The maximum atomic E-state index is 11.5. The van der Waals surface area contributed by atoms with Crippen LogP contribution >= 0.6 is 0 Å². The van der Waals surface area contributed by atoms with Crippen molar-refractivity contribution in [3.63, 3.8) is 0 Å². The number of carboxylic acids is 2. The van der Waals surface area contributed by atoms with Crippen molar-refractivity contribution >= 4 is 11.9 Å². The summed E-state index contributed by atoms with van der Waals surface area (Å²) in [5, 5.41) is 21.4. The summed E-state index contributed by atoms with van der Waals surface area (Å²) in [6.45, 7) is 7.76. The summed E-state index contributed by atoms with van der Waals surface area (Å²) >= 11 is 0. The average molecular weight is 335 g/mol. The molecule has 0 bridgehead atoms. The van der Waals surface area contributed by atoms with Gasteiger partial charge in [-0.25, -0.2) is 0 Å². The van der Waals surface area contributed by atoms with Gasteiger partial charge in [0.05, 0.1) is 0 Å². The van der Waals surface area contributed by atoms with E-state index in [1.165, 1.54) is 0 Å². The number of carboxylic acid groups (broad SMARTS) is 2. The molecular weight excluding hydrogens is 310 g/mol. The van der Waals surface area contributed by atoms with Crippen LogP contribution in [0.1, 0.15) is 25.8 Å². The third kappa shape index (κ3) is 6.83. The van der Waals surface area contributed by atoms with E-state index in [-0.39, 0.29) is 12.3 Å². The van der Waals surface area contributed by atoms with E-state index in [0.29, 0.717) is 18.8 Å². The fraction of sp³-hybridized carbons (Fsp3) is 0.444. The quantitative estimate of drug-likeness (QED) is 0.537. The molecule has 1 rings (SSSR count). The third-order valence-corrected chi connectivity index (χ3v) is 3.44. The molecule has 0 amide bonds. The topological polar surface area (TPSA) is 95.9 Å². The van der Waals surface area contributed by atoms with Crippen molar-refractivity contribution in [3.8, 4) is 5.75 Å². The van der Waals surface area contributed by atoms with Crippen molar-refractivity contribution in [2.75, 3.05) is 6.61 Å². The lowest BCUT2D eigenvalue weighted by Crippen LogP contribution is -2.48. The minimum atomic E-state index is -1.07. The average Bonchev–Trinajstić information content (AvgIpc) is 2.52. The summed E-state index contributed by atoms with van der Waals surface area (Å²) in [5.41, 5.74) is 0.787. The first-order valence-corrected chi connectivity index (χ1v) is 7.87. The zero-order valence-electron chi connectivity index (χ0n) is 14.1. The molecule has 0 heterocycles. The molecule has 0 fully saturated rings. The molecule has 0 radical (unpaired) electrons. The molecule has 3 N–H and O–H groups in total. The Balaban J connectivity index is 2.76. The summed E-state index contributed by atoms with van der Waals surface area (Å²) in [7, 11) is 0. The number of hydrogen-bond donors (Lipinski definition) is 3. The number of ether oxygens (including phenoxy) is 1. The van der Waals surface area contributed by atoms with Gasteiger partial charge in [-0.1, -0.05) is 38.6 Å². The molecule has 0 aliphatic carbocycles. The van der Waals surface area contributed by atoms with Crippen LogP contribution in [-0.2, 0) is 16.0 Å². The van der Waals surface area contributed by atoms with Gasteiger partial charge in [-0.3, -0.25) is 14.9 Å². The molecule has 6 heteroatoms. The minimum Gasteiger partial charge on any atom is -0.490 e. The van der Waals surface area contributed by atoms with Gasteiger partial charge in [0.15, 0.2) is 0 Å². The lowest BCUT2D eigenvalue weighted by molar-refractivity contribution is -0.142. The van der Waals surface area contributed by atoms with Crippen molar-refractivity contribution in [1.29, 1.82) is 0 Å². The van der Waals surface area contributed by atoms with Crippen LogP contribution in [-0.4, -0.2) is 40.8 Å². The number of nitrogens with one attached hydrogen (secondary N) is 1. The molecule has 6 nitrogen and oxygen atoms in total. The Kier molecular flexibility index (Phi) is 7.98. The summed E-state index contributed by atoms with van der Waals surface area (Å²) in [6, 6.07) is 5.19. The van der Waals surface area contributed by atoms with E-state index < -0.39 is 24.0 Å². The first-order chi connectivity index (χ1) is 11.3. The van der Waals surface area contributed by atoms with E-state index in [1.54, 1.807) is 30.3 Å². The fourth-order valence-electron chi connectivity index (χ4n) is 2.28. The minimum absolute atomic E-state index is 0.148. The van der Waals surface area contributed by atoms with Gasteiger partial charge in [0, 0.05) is 0 Å². The maximum Gasteiger partial charge on any atom is 0.321 e. The third-order valence-electron chi connectivity index (χ3n) is 3.44. The van der Waals surface area contributed by atoms with Crippen molar-refractivity contribution in [3.05, 3.63) is 42.5 Å². The van der Waals surface area contributed by atoms with Crippen LogP contribution in [0.25, 0.3) is 0 Å². The molecule has 0 spiro atoms. The Hall–Kier alpha value is -2.34. The van der Waals surface area contributed by atoms with Crippen LogP contribution in [0.5, 0.6) is 5.75 Å². The molecule has 0 aliphatic rings. The highest BCUT2D eigenvalue weighted by molar-refractivity contribution is 5.77. The van der Waals surface area contributed by atoms with Crippen molar-refractivity contribution in [2.45, 2.75) is 38.8 Å². The van der Waals surface area contributed by atoms with Gasteiger partial charge in [0.1, 0.15) is 24.4 Å². The summed E-state index contributed by atoms with van der Waals surface area (Å²) in [4.78, 5) is 22.8. The second kappa shape index (κ2) is 9.72. The SMILES string of the molecule is C=CCOc1ccc(C[C@H](N[C@@H](CC(C)C)C(=O)O)C(=O)O)cc1. The normalized spacial score (nSPS) is 13.3. The zero-order chi connectivity index (χ0) is 18.1. The van der Waals surface area contributed by atoms with E-state index in [1.807, 2.05) is 13.8 Å². The second-order valence-electron chi connectivity index (χ2n) is 6.03. The molecule has 0 unspecified atom stereocenters. The van der Waals surface area contributed by atoms with Gasteiger partial charge in [-0.2, -0.15) is 0 Å². The smallest absolute Gasteiger partial charge is 0.321 e. The summed E-state index contributed by atoms with van der Waals surface area (Å²) in [6.07, 6.45) is 2.20. The van der Waals surface area contributed by atoms with E-state index in [4.69, 9.17) is 4.74 Å². The lowest BCUT2D eigenvalue weighted by Gasteiger charge is -2.21. The Labute approximate surface area is 142 Å². The molecule has 1 aromatic carbocycles.